The number of carbonyl (C=O) groups excluding carboxylic acids is 2. The summed E-state index contributed by atoms with van der Waals surface area (Å²) in [7, 11) is 1.11. The van der Waals surface area contributed by atoms with Crippen molar-refractivity contribution in [2.24, 2.45) is 4.99 Å². The molecule has 166 valence electrons. The second-order valence-electron chi connectivity index (χ2n) is 9.89. The maximum Gasteiger partial charge on any atom is 0.419 e. The molecule has 0 radical (unpaired) electrons. The van der Waals surface area contributed by atoms with Crippen LogP contribution in [0.4, 0.5) is 0 Å². The van der Waals surface area contributed by atoms with E-state index in [0.717, 1.165) is 23.8 Å². The van der Waals surface area contributed by atoms with Crippen molar-refractivity contribution >= 4 is 17.8 Å². The second-order valence-corrected chi connectivity index (χ2v) is 9.89. The fraction of sp³-hybridized carbons (Fsp3) is 0.609. The smallest absolute Gasteiger partial charge is 0.419 e. The summed E-state index contributed by atoms with van der Waals surface area (Å²) in [6, 6.07) is 4.05. The quantitative estimate of drug-likeness (QED) is 0.590. The number of rotatable bonds is 4. The minimum Gasteiger partial charge on any atom is -0.507 e. The van der Waals surface area contributed by atoms with Crippen LogP contribution in [0, 0.1) is 0 Å². The average Bonchev–Trinajstić information content (AvgIpc) is 2.98. The van der Waals surface area contributed by atoms with Crippen molar-refractivity contribution in [2.45, 2.75) is 77.9 Å². The number of aryl methyl sites for hydroxylation is 1. The Morgan fingerprint density at radius 2 is 1.60 bits per heavy atom. The third-order valence-electron chi connectivity index (χ3n) is 4.95. The largest absolute Gasteiger partial charge is 0.507 e. The van der Waals surface area contributed by atoms with E-state index in [0.29, 0.717) is 24.5 Å². The van der Waals surface area contributed by atoms with Gasteiger partial charge in [-0.15, -0.1) is 0 Å². The lowest BCUT2D eigenvalue weighted by Crippen LogP contribution is -2.34. The molecule has 7 nitrogen and oxygen atoms in total. The molecule has 1 atom stereocenters. The zero-order chi connectivity index (χ0) is 22.9. The molecule has 0 aliphatic carbocycles. The van der Waals surface area contributed by atoms with Crippen molar-refractivity contribution in [3.63, 3.8) is 0 Å². The maximum absolute atomic E-state index is 11.7. The summed E-state index contributed by atoms with van der Waals surface area (Å²) in [5, 5.41) is 10.8. The summed E-state index contributed by atoms with van der Waals surface area (Å²) in [4.78, 5) is 27.3. The maximum atomic E-state index is 11.7. The SMILES string of the molecule is COC(=O)C(=O)OC1(C)COC(CCc2cc(C(C)(C)C)c(O)c(C(C)(C)C)c2)=N1. The highest BCUT2D eigenvalue weighted by atomic mass is 16.6. The van der Waals surface area contributed by atoms with Gasteiger partial charge in [0.25, 0.3) is 0 Å². The van der Waals surface area contributed by atoms with E-state index in [1.807, 2.05) is 12.1 Å². The zero-order valence-corrected chi connectivity index (χ0v) is 19.2. The monoisotopic (exact) mass is 419 g/mol. The number of hydrogen-bond acceptors (Lipinski definition) is 7. The number of methoxy groups -OCH3 is 1. The molecule has 1 aromatic rings. The van der Waals surface area contributed by atoms with Crippen LogP contribution in [-0.4, -0.2) is 42.4 Å². The predicted octanol–water partition coefficient (Wildman–Crippen LogP) is 3.78. The van der Waals surface area contributed by atoms with Gasteiger partial charge in [-0.05, 0) is 33.9 Å². The number of hydrogen-bond donors (Lipinski definition) is 1. The third kappa shape index (κ3) is 5.52. The Bertz CT molecular complexity index is 824. The Kier molecular flexibility index (Phi) is 6.54. The van der Waals surface area contributed by atoms with Crippen LogP contribution in [0.1, 0.15) is 71.6 Å². The van der Waals surface area contributed by atoms with Crippen molar-refractivity contribution in [3.05, 3.63) is 28.8 Å². The molecular formula is C23H33NO6. The van der Waals surface area contributed by atoms with E-state index < -0.39 is 17.7 Å². The molecule has 1 aliphatic heterocycles. The van der Waals surface area contributed by atoms with Gasteiger partial charge in [0, 0.05) is 13.3 Å². The van der Waals surface area contributed by atoms with Gasteiger partial charge in [0.15, 0.2) is 12.5 Å². The van der Waals surface area contributed by atoms with Gasteiger partial charge in [0.2, 0.25) is 5.72 Å². The van der Waals surface area contributed by atoms with E-state index in [9.17, 15) is 14.7 Å². The summed E-state index contributed by atoms with van der Waals surface area (Å²) in [5.41, 5.74) is 1.20. The zero-order valence-electron chi connectivity index (χ0n) is 19.2. The lowest BCUT2D eigenvalue weighted by atomic mass is 9.78. The molecule has 0 saturated carbocycles. The molecule has 1 aromatic carbocycles. The van der Waals surface area contributed by atoms with E-state index >= 15 is 0 Å². The molecule has 0 amide bonds. The van der Waals surface area contributed by atoms with Crippen LogP contribution in [0.3, 0.4) is 0 Å². The first-order chi connectivity index (χ1) is 13.7. The number of phenolic OH excluding ortho intramolecular Hbond substituents is 1. The summed E-state index contributed by atoms with van der Waals surface area (Å²) in [6.45, 7) is 14.1. The molecule has 0 spiro atoms. The molecular weight excluding hydrogens is 386 g/mol. The number of aromatic hydroxyl groups is 1. The Morgan fingerprint density at radius 3 is 2.07 bits per heavy atom. The summed E-state index contributed by atoms with van der Waals surface area (Å²) in [6.07, 6.45) is 1.15. The van der Waals surface area contributed by atoms with Crippen molar-refractivity contribution in [2.75, 3.05) is 13.7 Å². The van der Waals surface area contributed by atoms with Crippen LogP contribution in [0.15, 0.2) is 17.1 Å². The fourth-order valence-electron chi connectivity index (χ4n) is 3.28. The summed E-state index contributed by atoms with van der Waals surface area (Å²) in [5.74, 6) is -1.38. The Morgan fingerprint density at radius 1 is 1.07 bits per heavy atom. The molecule has 30 heavy (non-hydrogen) atoms. The minimum absolute atomic E-state index is 0.0428. The van der Waals surface area contributed by atoms with Crippen LogP contribution in [0.2, 0.25) is 0 Å². The molecule has 0 saturated heterocycles. The fourth-order valence-corrected chi connectivity index (χ4v) is 3.28. The summed E-state index contributed by atoms with van der Waals surface area (Å²) < 4.78 is 15.1. The van der Waals surface area contributed by atoms with E-state index in [1.165, 1.54) is 0 Å². The van der Waals surface area contributed by atoms with Gasteiger partial charge >= 0.3 is 11.9 Å². The van der Waals surface area contributed by atoms with Gasteiger partial charge in [-0.2, -0.15) is 0 Å². The number of carbonyl (C=O) groups is 2. The number of phenols is 1. The third-order valence-corrected chi connectivity index (χ3v) is 4.95. The van der Waals surface area contributed by atoms with Crippen molar-refractivity contribution in [1.29, 1.82) is 0 Å². The van der Waals surface area contributed by atoms with Crippen molar-refractivity contribution in [3.8, 4) is 5.75 Å². The van der Waals surface area contributed by atoms with Gasteiger partial charge in [0.05, 0.1) is 7.11 Å². The van der Waals surface area contributed by atoms with Crippen LogP contribution < -0.4 is 0 Å². The highest BCUT2D eigenvalue weighted by Gasteiger charge is 2.37. The van der Waals surface area contributed by atoms with Gasteiger partial charge in [0.1, 0.15) is 5.75 Å². The van der Waals surface area contributed by atoms with Crippen molar-refractivity contribution < 1.29 is 28.9 Å². The lowest BCUT2D eigenvalue weighted by Gasteiger charge is -2.28. The first-order valence-corrected chi connectivity index (χ1v) is 10.1. The summed E-state index contributed by atoms with van der Waals surface area (Å²) >= 11 is 0. The van der Waals surface area contributed by atoms with E-state index in [4.69, 9.17) is 9.47 Å². The highest BCUT2D eigenvalue weighted by Crippen LogP contribution is 2.40. The van der Waals surface area contributed by atoms with Crippen LogP contribution in [0.5, 0.6) is 5.75 Å². The minimum atomic E-state index is -1.25. The molecule has 1 aliphatic rings. The van der Waals surface area contributed by atoms with Crippen molar-refractivity contribution in [1.82, 2.24) is 0 Å². The van der Waals surface area contributed by atoms with E-state index in [2.05, 4.69) is 51.3 Å². The Labute approximate surface area is 178 Å². The number of ether oxygens (including phenoxy) is 3. The Balaban J connectivity index is 2.21. The number of benzene rings is 1. The second kappa shape index (κ2) is 8.28. The molecule has 2 rings (SSSR count). The first-order valence-electron chi connectivity index (χ1n) is 10.1. The van der Waals surface area contributed by atoms with Crippen LogP contribution in [-0.2, 0) is 41.1 Å². The Hall–Kier alpha value is -2.57. The molecule has 1 unspecified atom stereocenters. The van der Waals surface area contributed by atoms with E-state index in [1.54, 1.807) is 6.92 Å². The number of esters is 2. The molecule has 1 N–H and O–H groups in total. The van der Waals surface area contributed by atoms with Gasteiger partial charge in [-0.25, -0.2) is 14.6 Å². The van der Waals surface area contributed by atoms with Gasteiger partial charge < -0.3 is 19.3 Å². The van der Waals surface area contributed by atoms with Crippen LogP contribution in [0.25, 0.3) is 0 Å². The highest BCUT2D eigenvalue weighted by molar-refractivity contribution is 6.29. The normalized spacial score (nSPS) is 19.1. The first kappa shape index (κ1) is 23.7. The molecule has 0 fully saturated rings. The number of nitrogens with zero attached hydrogens (tertiary/aromatic N) is 1. The van der Waals surface area contributed by atoms with Gasteiger partial charge in [-0.1, -0.05) is 53.7 Å². The molecule has 7 heteroatoms. The molecule has 0 bridgehead atoms. The van der Waals surface area contributed by atoms with Crippen LogP contribution >= 0.6 is 0 Å². The lowest BCUT2D eigenvalue weighted by molar-refractivity contribution is -0.175. The molecule has 0 aromatic heterocycles. The predicted molar refractivity (Wildman–Crippen MR) is 114 cm³/mol. The number of aliphatic imine (C=N–C) groups is 1. The standard InChI is InChI=1S/C23H33NO6/c1-21(2,3)15-11-14(12-16(18(15)25)22(4,5)6)9-10-17-24-23(7,13-29-17)30-20(27)19(26)28-8/h11-12,25H,9-10,13H2,1-8H3. The topological polar surface area (TPSA) is 94.4 Å². The van der Waals surface area contributed by atoms with Gasteiger partial charge in [-0.3, -0.25) is 0 Å². The molecule has 1 heterocycles. The van der Waals surface area contributed by atoms with E-state index in [-0.39, 0.29) is 17.4 Å². The average molecular weight is 420 g/mol.